The summed E-state index contributed by atoms with van der Waals surface area (Å²) in [4.78, 5) is 0. The van der Waals surface area contributed by atoms with Gasteiger partial charge in [0.1, 0.15) is 17.5 Å². The topological polar surface area (TPSA) is 26.0 Å². The summed E-state index contributed by atoms with van der Waals surface area (Å²) in [5, 5.41) is 0. The predicted octanol–water partition coefficient (Wildman–Crippen LogP) is 3.72. The molecule has 0 aliphatic rings. The van der Waals surface area contributed by atoms with Crippen LogP contribution in [-0.2, 0) is 5.54 Å². The zero-order valence-electron chi connectivity index (χ0n) is 10.5. The van der Waals surface area contributed by atoms with E-state index in [1.165, 1.54) is 18.2 Å². The van der Waals surface area contributed by atoms with Crippen LogP contribution < -0.4 is 5.73 Å². The zero-order chi connectivity index (χ0) is 14.0. The van der Waals surface area contributed by atoms with Gasteiger partial charge in [0.05, 0.1) is 5.54 Å². The van der Waals surface area contributed by atoms with E-state index >= 15 is 0 Å². The molecule has 100 valence electrons. The standard InChI is InChI=1S/C15H14F3N/c1-2-15(19,10-4-3-5-11(16)8-10)13-9-12(17)6-7-14(13)18/h3-9H,2,19H2,1H3. The number of hydrogen-bond acceptors (Lipinski definition) is 1. The van der Waals surface area contributed by atoms with Crippen LogP contribution in [0.4, 0.5) is 13.2 Å². The molecule has 0 aliphatic carbocycles. The van der Waals surface area contributed by atoms with Crippen molar-refractivity contribution in [1.82, 2.24) is 0 Å². The predicted molar refractivity (Wildman–Crippen MR) is 68.0 cm³/mol. The maximum Gasteiger partial charge on any atom is 0.128 e. The lowest BCUT2D eigenvalue weighted by Crippen LogP contribution is -2.38. The summed E-state index contributed by atoms with van der Waals surface area (Å²) in [6.07, 6.45) is 0.316. The van der Waals surface area contributed by atoms with Gasteiger partial charge in [-0.3, -0.25) is 0 Å². The Hall–Kier alpha value is -1.81. The Bertz CT molecular complexity index is 598. The van der Waals surface area contributed by atoms with Crippen molar-refractivity contribution < 1.29 is 13.2 Å². The lowest BCUT2D eigenvalue weighted by atomic mass is 9.81. The molecule has 2 rings (SSSR count). The maximum atomic E-state index is 13.9. The van der Waals surface area contributed by atoms with Crippen molar-refractivity contribution in [3.63, 3.8) is 0 Å². The second-order valence-corrected chi connectivity index (χ2v) is 4.46. The van der Waals surface area contributed by atoms with Gasteiger partial charge in [-0.05, 0) is 42.3 Å². The second kappa shape index (κ2) is 5.05. The van der Waals surface area contributed by atoms with Crippen molar-refractivity contribution in [3.8, 4) is 0 Å². The minimum Gasteiger partial charge on any atom is -0.318 e. The lowest BCUT2D eigenvalue weighted by molar-refractivity contribution is 0.469. The summed E-state index contributed by atoms with van der Waals surface area (Å²) >= 11 is 0. The number of rotatable bonds is 3. The van der Waals surface area contributed by atoms with Gasteiger partial charge in [0.2, 0.25) is 0 Å². The molecular formula is C15H14F3N. The average Bonchev–Trinajstić information content (AvgIpc) is 2.40. The third-order valence-corrected chi connectivity index (χ3v) is 3.31. The van der Waals surface area contributed by atoms with Crippen molar-refractivity contribution in [2.75, 3.05) is 0 Å². The molecule has 1 atom stereocenters. The molecule has 0 aromatic heterocycles. The molecular weight excluding hydrogens is 251 g/mol. The summed E-state index contributed by atoms with van der Waals surface area (Å²) < 4.78 is 40.5. The smallest absolute Gasteiger partial charge is 0.128 e. The maximum absolute atomic E-state index is 13.9. The molecule has 0 saturated heterocycles. The first-order valence-corrected chi connectivity index (χ1v) is 5.98. The third-order valence-electron chi connectivity index (χ3n) is 3.31. The number of nitrogens with two attached hydrogens (primary N) is 1. The van der Waals surface area contributed by atoms with Gasteiger partial charge >= 0.3 is 0 Å². The Morgan fingerprint density at radius 1 is 1.00 bits per heavy atom. The van der Waals surface area contributed by atoms with Crippen molar-refractivity contribution in [2.45, 2.75) is 18.9 Å². The summed E-state index contributed by atoms with van der Waals surface area (Å²) in [5.74, 6) is -1.64. The molecule has 0 heterocycles. The Kier molecular flexibility index (Phi) is 3.62. The molecule has 0 radical (unpaired) electrons. The Morgan fingerprint density at radius 3 is 2.32 bits per heavy atom. The minimum absolute atomic E-state index is 0.0283. The third kappa shape index (κ3) is 2.49. The van der Waals surface area contributed by atoms with Crippen molar-refractivity contribution >= 4 is 0 Å². The molecule has 4 heteroatoms. The minimum atomic E-state index is -1.26. The summed E-state index contributed by atoms with van der Waals surface area (Å²) in [6.45, 7) is 1.75. The fourth-order valence-electron chi connectivity index (χ4n) is 2.16. The van der Waals surface area contributed by atoms with Gasteiger partial charge in [-0.15, -0.1) is 0 Å². The molecule has 2 N–H and O–H groups in total. The highest BCUT2D eigenvalue weighted by Gasteiger charge is 2.31. The molecule has 0 spiro atoms. The Labute approximate surface area is 109 Å². The molecule has 19 heavy (non-hydrogen) atoms. The average molecular weight is 265 g/mol. The van der Waals surface area contributed by atoms with Crippen LogP contribution in [0.1, 0.15) is 24.5 Å². The monoisotopic (exact) mass is 265 g/mol. The van der Waals surface area contributed by atoms with Gasteiger partial charge in [0.25, 0.3) is 0 Å². The van der Waals surface area contributed by atoms with E-state index in [-0.39, 0.29) is 5.56 Å². The normalized spacial score (nSPS) is 14.2. The molecule has 2 aromatic carbocycles. The summed E-state index contributed by atoms with van der Waals surface area (Å²) in [6, 6.07) is 8.75. The van der Waals surface area contributed by atoms with E-state index in [2.05, 4.69) is 0 Å². The van der Waals surface area contributed by atoms with E-state index in [0.29, 0.717) is 12.0 Å². The van der Waals surface area contributed by atoms with Crippen molar-refractivity contribution in [3.05, 3.63) is 71.0 Å². The van der Waals surface area contributed by atoms with Crippen molar-refractivity contribution in [1.29, 1.82) is 0 Å². The molecule has 1 unspecified atom stereocenters. The molecule has 0 fully saturated rings. The molecule has 1 nitrogen and oxygen atoms in total. The van der Waals surface area contributed by atoms with Crippen LogP contribution in [0.15, 0.2) is 42.5 Å². The van der Waals surface area contributed by atoms with Gasteiger partial charge in [0, 0.05) is 5.56 Å². The van der Waals surface area contributed by atoms with Crippen LogP contribution in [0.25, 0.3) is 0 Å². The van der Waals surface area contributed by atoms with E-state index < -0.39 is 23.0 Å². The van der Waals surface area contributed by atoms with E-state index in [1.54, 1.807) is 13.0 Å². The van der Waals surface area contributed by atoms with Gasteiger partial charge in [-0.1, -0.05) is 19.1 Å². The van der Waals surface area contributed by atoms with E-state index in [4.69, 9.17) is 5.73 Å². The highest BCUT2D eigenvalue weighted by atomic mass is 19.1. The van der Waals surface area contributed by atoms with Crippen molar-refractivity contribution in [2.24, 2.45) is 5.73 Å². The number of halogens is 3. The van der Waals surface area contributed by atoms with Gasteiger partial charge in [-0.25, -0.2) is 13.2 Å². The van der Waals surface area contributed by atoms with Gasteiger partial charge < -0.3 is 5.73 Å². The van der Waals surface area contributed by atoms with E-state index in [0.717, 1.165) is 18.2 Å². The van der Waals surface area contributed by atoms with Gasteiger partial charge in [0.15, 0.2) is 0 Å². The van der Waals surface area contributed by atoms with Crippen LogP contribution in [0, 0.1) is 17.5 Å². The Balaban J connectivity index is 2.62. The summed E-state index contributed by atoms with van der Waals surface area (Å²) in [7, 11) is 0. The molecule has 0 aliphatic heterocycles. The first-order valence-electron chi connectivity index (χ1n) is 5.98. The summed E-state index contributed by atoms with van der Waals surface area (Å²) in [5.41, 5.74) is 5.39. The van der Waals surface area contributed by atoms with Crippen LogP contribution >= 0.6 is 0 Å². The highest BCUT2D eigenvalue weighted by molar-refractivity contribution is 5.39. The molecule has 0 saturated carbocycles. The number of benzene rings is 2. The van der Waals surface area contributed by atoms with Crippen LogP contribution in [0.5, 0.6) is 0 Å². The molecule has 2 aromatic rings. The quantitative estimate of drug-likeness (QED) is 0.899. The Morgan fingerprint density at radius 2 is 1.68 bits per heavy atom. The second-order valence-electron chi connectivity index (χ2n) is 4.46. The molecule has 0 bridgehead atoms. The fourth-order valence-corrected chi connectivity index (χ4v) is 2.16. The first kappa shape index (κ1) is 13.6. The first-order chi connectivity index (χ1) is 8.97. The number of hydrogen-bond donors (Lipinski definition) is 1. The fraction of sp³-hybridized carbons (Fsp3) is 0.200. The molecule has 0 amide bonds. The van der Waals surface area contributed by atoms with E-state index in [9.17, 15) is 13.2 Å². The zero-order valence-corrected chi connectivity index (χ0v) is 10.5. The van der Waals surface area contributed by atoms with Crippen LogP contribution in [0.3, 0.4) is 0 Å². The van der Waals surface area contributed by atoms with E-state index in [1.807, 2.05) is 0 Å². The highest BCUT2D eigenvalue weighted by Crippen LogP contribution is 2.32. The largest absolute Gasteiger partial charge is 0.318 e. The van der Waals surface area contributed by atoms with Crippen LogP contribution in [0.2, 0.25) is 0 Å². The lowest BCUT2D eigenvalue weighted by Gasteiger charge is -2.30. The SMILES string of the molecule is CCC(N)(c1cccc(F)c1)c1cc(F)ccc1F. The van der Waals surface area contributed by atoms with Gasteiger partial charge in [-0.2, -0.15) is 0 Å². The van der Waals surface area contributed by atoms with Crippen LogP contribution in [-0.4, -0.2) is 0 Å².